The molecule has 0 aliphatic carbocycles. The molecular formula is C10H14F3N3O3. The highest BCUT2D eigenvalue weighted by Gasteiger charge is 2.29. The summed E-state index contributed by atoms with van der Waals surface area (Å²) in [5, 5.41) is 16.0. The summed E-state index contributed by atoms with van der Waals surface area (Å²) in [5.41, 5.74) is 0. The molecule has 0 saturated carbocycles. The van der Waals surface area contributed by atoms with E-state index in [1.54, 1.807) is 0 Å². The van der Waals surface area contributed by atoms with Gasteiger partial charge >= 0.3 is 6.18 Å². The Hall–Kier alpha value is -1.19. The molecule has 6 nitrogen and oxygen atoms in total. The van der Waals surface area contributed by atoms with Crippen LogP contribution in [0.3, 0.4) is 0 Å². The highest BCUT2D eigenvalue weighted by Crippen LogP contribution is 2.21. The van der Waals surface area contributed by atoms with Gasteiger partial charge in [0.25, 0.3) is 0 Å². The summed E-state index contributed by atoms with van der Waals surface area (Å²) < 4.78 is 44.9. The summed E-state index contributed by atoms with van der Waals surface area (Å²) in [7, 11) is 0. The average molecular weight is 281 g/mol. The number of aromatic nitrogens is 2. The first-order chi connectivity index (χ1) is 8.94. The topological polar surface area (TPSA) is 80.4 Å². The second-order valence-electron chi connectivity index (χ2n) is 4.32. The average Bonchev–Trinajstić information content (AvgIpc) is 2.92. The minimum Gasteiger partial charge on any atom is -0.392 e. The van der Waals surface area contributed by atoms with Crippen LogP contribution in [0.4, 0.5) is 13.2 Å². The van der Waals surface area contributed by atoms with Gasteiger partial charge in [-0.3, -0.25) is 0 Å². The van der Waals surface area contributed by atoms with E-state index in [4.69, 9.17) is 4.52 Å². The van der Waals surface area contributed by atoms with E-state index in [9.17, 15) is 18.3 Å². The van der Waals surface area contributed by atoms with Crippen LogP contribution in [0.2, 0.25) is 0 Å². The van der Waals surface area contributed by atoms with Gasteiger partial charge in [0, 0.05) is 13.0 Å². The number of aliphatic hydroxyl groups is 1. The number of nitrogens with zero attached hydrogens (tertiary/aromatic N) is 2. The molecule has 2 N–H and O–H groups in total. The van der Waals surface area contributed by atoms with Crippen LogP contribution in [0, 0.1) is 0 Å². The second kappa shape index (κ2) is 5.85. The summed E-state index contributed by atoms with van der Waals surface area (Å²) in [6, 6.07) is -0.202. The molecule has 2 rings (SSSR count). The predicted octanol–water partition coefficient (Wildman–Crippen LogP) is 0.586. The van der Waals surface area contributed by atoms with E-state index in [2.05, 4.69) is 20.2 Å². The highest BCUT2D eigenvalue weighted by atomic mass is 19.4. The zero-order valence-electron chi connectivity index (χ0n) is 9.98. The van der Waals surface area contributed by atoms with Crippen molar-refractivity contribution in [1.82, 2.24) is 15.5 Å². The SMILES string of the molecule is O[C@@H]1CN[C@H](c2nc(CCOCC(F)(F)F)no2)C1. The lowest BCUT2D eigenvalue weighted by Crippen LogP contribution is -2.18. The van der Waals surface area contributed by atoms with E-state index < -0.39 is 18.9 Å². The molecule has 0 bridgehead atoms. The van der Waals surface area contributed by atoms with Gasteiger partial charge in [-0.2, -0.15) is 18.2 Å². The zero-order chi connectivity index (χ0) is 13.9. The summed E-state index contributed by atoms with van der Waals surface area (Å²) >= 11 is 0. The number of hydrogen-bond acceptors (Lipinski definition) is 6. The molecule has 0 radical (unpaired) electrons. The molecule has 2 atom stereocenters. The number of alkyl halides is 3. The van der Waals surface area contributed by atoms with Gasteiger partial charge in [0.15, 0.2) is 5.82 Å². The standard InChI is InChI=1S/C10H14F3N3O3/c11-10(12,13)5-18-2-1-8-15-9(19-16-8)7-3-6(17)4-14-7/h6-7,14,17H,1-5H2/t6-,7-/m0/s1. The Bertz CT molecular complexity index is 410. The zero-order valence-corrected chi connectivity index (χ0v) is 9.98. The van der Waals surface area contributed by atoms with Crippen molar-refractivity contribution >= 4 is 0 Å². The molecule has 9 heteroatoms. The van der Waals surface area contributed by atoms with Gasteiger partial charge in [-0.1, -0.05) is 5.16 Å². The molecule has 1 aromatic rings. The van der Waals surface area contributed by atoms with Gasteiger partial charge < -0.3 is 19.7 Å². The van der Waals surface area contributed by atoms with Crippen molar-refractivity contribution in [3.05, 3.63) is 11.7 Å². The molecule has 1 aliphatic heterocycles. The van der Waals surface area contributed by atoms with Crippen LogP contribution in [-0.4, -0.2) is 47.3 Å². The fourth-order valence-corrected chi connectivity index (χ4v) is 1.77. The first-order valence-electron chi connectivity index (χ1n) is 5.82. The maximum absolute atomic E-state index is 11.8. The third-order valence-corrected chi connectivity index (χ3v) is 2.63. The molecule has 1 aliphatic rings. The number of rotatable bonds is 5. The number of halogens is 3. The Morgan fingerprint density at radius 3 is 2.89 bits per heavy atom. The van der Waals surface area contributed by atoms with Crippen LogP contribution >= 0.6 is 0 Å². The Morgan fingerprint density at radius 2 is 2.26 bits per heavy atom. The number of hydrogen-bond donors (Lipinski definition) is 2. The highest BCUT2D eigenvalue weighted by molar-refractivity contribution is 4.97. The normalized spacial score (nSPS) is 24.0. The Balaban J connectivity index is 1.75. The number of nitrogens with one attached hydrogen (secondary N) is 1. The fourth-order valence-electron chi connectivity index (χ4n) is 1.77. The maximum Gasteiger partial charge on any atom is 0.411 e. The van der Waals surface area contributed by atoms with Crippen molar-refractivity contribution in [3.63, 3.8) is 0 Å². The van der Waals surface area contributed by atoms with Gasteiger partial charge in [0.2, 0.25) is 5.89 Å². The first kappa shape index (κ1) is 14.2. The van der Waals surface area contributed by atoms with Crippen LogP contribution in [0.1, 0.15) is 24.2 Å². The fraction of sp³-hybridized carbons (Fsp3) is 0.800. The van der Waals surface area contributed by atoms with Crippen LogP contribution in [0.15, 0.2) is 4.52 Å². The molecule has 0 unspecified atom stereocenters. The van der Waals surface area contributed by atoms with Gasteiger partial charge in [-0.05, 0) is 6.42 Å². The van der Waals surface area contributed by atoms with Crippen molar-refractivity contribution in [3.8, 4) is 0 Å². The van der Waals surface area contributed by atoms with E-state index in [-0.39, 0.29) is 19.1 Å². The molecule has 1 fully saturated rings. The monoisotopic (exact) mass is 281 g/mol. The summed E-state index contributed by atoms with van der Waals surface area (Å²) in [6.45, 7) is -0.954. The largest absolute Gasteiger partial charge is 0.411 e. The summed E-state index contributed by atoms with van der Waals surface area (Å²) in [5.74, 6) is 0.628. The van der Waals surface area contributed by atoms with Crippen LogP contribution in [0.25, 0.3) is 0 Å². The Morgan fingerprint density at radius 1 is 1.47 bits per heavy atom. The second-order valence-corrected chi connectivity index (χ2v) is 4.32. The molecule has 108 valence electrons. The van der Waals surface area contributed by atoms with Crippen LogP contribution < -0.4 is 5.32 Å². The molecule has 0 aromatic carbocycles. The van der Waals surface area contributed by atoms with Gasteiger partial charge in [-0.15, -0.1) is 0 Å². The van der Waals surface area contributed by atoms with E-state index in [1.165, 1.54) is 0 Å². The molecule has 2 heterocycles. The molecule has 0 spiro atoms. The molecule has 0 amide bonds. The Labute approximate surface area is 106 Å². The van der Waals surface area contributed by atoms with Gasteiger partial charge in [-0.25, -0.2) is 0 Å². The minimum atomic E-state index is -4.33. The van der Waals surface area contributed by atoms with Crippen molar-refractivity contribution in [2.24, 2.45) is 0 Å². The third-order valence-electron chi connectivity index (χ3n) is 2.63. The molecule has 1 saturated heterocycles. The Kier molecular flexibility index (Phi) is 4.38. The molecule has 19 heavy (non-hydrogen) atoms. The van der Waals surface area contributed by atoms with Gasteiger partial charge in [0.05, 0.1) is 18.8 Å². The number of aliphatic hydroxyl groups excluding tert-OH is 1. The molecule has 1 aromatic heterocycles. The predicted molar refractivity (Wildman–Crippen MR) is 56.2 cm³/mol. The van der Waals surface area contributed by atoms with E-state index in [1.807, 2.05) is 0 Å². The van der Waals surface area contributed by atoms with Crippen LogP contribution in [-0.2, 0) is 11.2 Å². The smallest absolute Gasteiger partial charge is 0.392 e. The third kappa shape index (κ3) is 4.44. The lowest BCUT2D eigenvalue weighted by Gasteiger charge is -2.05. The summed E-state index contributed by atoms with van der Waals surface area (Å²) in [6.07, 6.45) is -4.15. The molecular weight excluding hydrogens is 267 g/mol. The van der Waals surface area contributed by atoms with E-state index >= 15 is 0 Å². The lowest BCUT2D eigenvalue weighted by molar-refractivity contribution is -0.173. The quantitative estimate of drug-likeness (QED) is 0.769. The first-order valence-corrected chi connectivity index (χ1v) is 5.82. The van der Waals surface area contributed by atoms with Gasteiger partial charge in [0.1, 0.15) is 6.61 Å². The number of β-amino-alcohol motifs (C(OH)–C–C–N with tert-alkyl or cyclic N) is 1. The van der Waals surface area contributed by atoms with Crippen molar-refractivity contribution in [2.75, 3.05) is 19.8 Å². The maximum atomic E-state index is 11.8. The summed E-state index contributed by atoms with van der Waals surface area (Å²) in [4.78, 5) is 4.05. The lowest BCUT2D eigenvalue weighted by atomic mass is 10.2. The van der Waals surface area contributed by atoms with E-state index in [0.717, 1.165) is 0 Å². The number of ether oxygens (including phenoxy) is 1. The van der Waals surface area contributed by atoms with Crippen molar-refractivity contribution < 1.29 is 27.5 Å². The van der Waals surface area contributed by atoms with E-state index in [0.29, 0.717) is 24.7 Å². The minimum absolute atomic E-state index is 0.126. The van der Waals surface area contributed by atoms with Crippen molar-refractivity contribution in [2.45, 2.75) is 31.2 Å². The van der Waals surface area contributed by atoms with Crippen molar-refractivity contribution in [1.29, 1.82) is 0 Å². The van der Waals surface area contributed by atoms with Crippen LogP contribution in [0.5, 0.6) is 0 Å².